The summed E-state index contributed by atoms with van der Waals surface area (Å²) in [7, 11) is 7.06. The van der Waals surface area contributed by atoms with Gasteiger partial charge in [0.05, 0.1) is 0 Å². The van der Waals surface area contributed by atoms with Crippen molar-refractivity contribution in [3.8, 4) is 0 Å². The molecule has 0 aromatic heterocycles. The third-order valence-electron chi connectivity index (χ3n) is 12.9. The van der Waals surface area contributed by atoms with Crippen molar-refractivity contribution in [3.63, 3.8) is 0 Å². The first-order valence-electron chi connectivity index (χ1n) is 24.4. The zero-order chi connectivity index (χ0) is 51.2. The van der Waals surface area contributed by atoms with Gasteiger partial charge in [-0.15, -0.1) is 0 Å². The second kappa shape index (κ2) is 26.3. The average Bonchev–Trinajstić information content (AvgIpc) is 3.28. The largest absolute Gasteiger partial charge is 0.455 e. The molecule has 8 atom stereocenters. The molecule has 1 fully saturated rings. The van der Waals surface area contributed by atoms with Crippen molar-refractivity contribution in [2.75, 3.05) is 28.2 Å². The molecule has 68 heavy (non-hydrogen) atoms. The summed E-state index contributed by atoms with van der Waals surface area (Å²) >= 11 is 0. The normalized spacial score (nSPS) is 25.2. The maximum Gasteiger partial charge on any atom is 0.329 e. The molecule has 1 aliphatic rings. The van der Waals surface area contributed by atoms with Crippen LogP contribution in [0.1, 0.15) is 106 Å². The second-order valence-corrected chi connectivity index (χ2v) is 20.4. The summed E-state index contributed by atoms with van der Waals surface area (Å²) in [4.78, 5) is 65.3. The first-order valence-corrected chi connectivity index (χ1v) is 24.4. The fraction of sp³-hybridized carbons (Fsp3) is 0.571. The first-order chi connectivity index (χ1) is 31.8. The van der Waals surface area contributed by atoms with Crippen LogP contribution in [0.2, 0.25) is 0 Å². The number of hydrogen-bond acceptors (Lipinski definition) is 12. The van der Waals surface area contributed by atoms with E-state index in [4.69, 9.17) is 18.9 Å². The van der Waals surface area contributed by atoms with Crippen LogP contribution < -0.4 is 0 Å². The number of carbonyl (C=O) groups excluding carboxylic acids is 4. The standard InChI is InChI=1S/C56H84N4O8/c1-35(2)29-47-53(61)65-43(13)39(9)57(15)50(32-38(7)8)56(64)68-52(34-46-27-23-20-24-28-46)42(12)60(18)48(30-36(3)4)54(62)66-44(14)40(10)58(16)49(31-37(5)6)55(63)67-51(41(11)59(47)17)33-45-25-21-19-22-26-45/h19-28,35-38,43-44,47-52H,9-12,29-34H2,1-8,13-18H3. The zero-order valence-electron chi connectivity index (χ0n) is 43.8. The minimum Gasteiger partial charge on any atom is -0.455 e. The smallest absolute Gasteiger partial charge is 0.329 e. The first kappa shape index (κ1) is 56.8. The molecule has 3 rings (SSSR count). The van der Waals surface area contributed by atoms with Crippen molar-refractivity contribution in [3.05, 3.63) is 121 Å². The molecule has 376 valence electrons. The monoisotopic (exact) mass is 941 g/mol. The molecule has 0 saturated carbocycles. The summed E-state index contributed by atoms with van der Waals surface area (Å²) in [5.41, 5.74) is 3.47. The highest BCUT2D eigenvalue weighted by Gasteiger charge is 2.39. The molecule has 1 saturated heterocycles. The van der Waals surface area contributed by atoms with E-state index in [2.05, 4.69) is 26.3 Å². The van der Waals surface area contributed by atoms with Crippen LogP contribution >= 0.6 is 0 Å². The summed E-state index contributed by atoms with van der Waals surface area (Å²) in [5.74, 6) is -1.76. The lowest BCUT2D eigenvalue weighted by Crippen LogP contribution is -2.49. The van der Waals surface area contributed by atoms with Crippen LogP contribution in [0.5, 0.6) is 0 Å². The summed E-state index contributed by atoms with van der Waals surface area (Å²) in [5, 5.41) is 0. The van der Waals surface area contributed by atoms with Gasteiger partial charge in [-0.2, -0.15) is 0 Å². The summed E-state index contributed by atoms with van der Waals surface area (Å²) in [6, 6.07) is 16.1. The van der Waals surface area contributed by atoms with Gasteiger partial charge in [-0.1, -0.05) is 142 Å². The molecule has 0 bridgehead atoms. The van der Waals surface area contributed by atoms with E-state index in [1.54, 1.807) is 61.6 Å². The molecule has 0 aliphatic carbocycles. The van der Waals surface area contributed by atoms with Gasteiger partial charge in [0.1, 0.15) is 48.6 Å². The molecule has 0 radical (unpaired) electrons. The second-order valence-electron chi connectivity index (χ2n) is 20.4. The van der Waals surface area contributed by atoms with Gasteiger partial charge in [-0.05, 0) is 74.3 Å². The van der Waals surface area contributed by atoms with E-state index >= 15 is 0 Å². The van der Waals surface area contributed by atoms with Crippen molar-refractivity contribution in [1.82, 2.24) is 19.6 Å². The van der Waals surface area contributed by atoms with Crippen molar-refractivity contribution in [1.29, 1.82) is 0 Å². The van der Waals surface area contributed by atoms with Crippen LogP contribution in [0.25, 0.3) is 0 Å². The van der Waals surface area contributed by atoms with E-state index in [9.17, 15) is 19.2 Å². The Bertz CT molecular complexity index is 1860. The number of benzene rings is 2. The number of carbonyl (C=O) groups is 4. The highest BCUT2D eigenvalue weighted by atomic mass is 16.6. The molecule has 12 nitrogen and oxygen atoms in total. The third-order valence-corrected chi connectivity index (χ3v) is 12.9. The number of ether oxygens (including phenoxy) is 4. The Morgan fingerprint density at radius 3 is 0.897 bits per heavy atom. The van der Waals surface area contributed by atoms with E-state index in [0.29, 0.717) is 61.3 Å². The van der Waals surface area contributed by atoms with Gasteiger partial charge in [0.15, 0.2) is 0 Å². The van der Waals surface area contributed by atoms with Crippen molar-refractivity contribution < 1.29 is 38.1 Å². The number of hydrogen-bond donors (Lipinski definition) is 0. The predicted octanol–water partition coefficient (Wildman–Crippen LogP) is 9.61. The van der Waals surface area contributed by atoms with Crippen LogP contribution in [-0.2, 0) is 51.0 Å². The number of esters is 4. The van der Waals surface area contributed by atoms with E-state index in [1.165, 1.54) is 0 Å². The van der Waals surface area contributed by atoms with Crippen molar-refractivity contribution in [2.45, 2.75) is 156 Å². The topological polar surface area (TPSA) is 118 Å². The SMILES string of the molecule is C=C1C(C)OC(=O)C(CC(C)C)N(C)C(=C)C(Cc2ccccc2)OC(=O)C(CC(C)C)N(C)C(=C)C(C)OC(=O)C(CC(C)C)N(C)C(=C)C(Cc2ccccc2)OC(=O)C(CC(C)C)N1C. The van der Waals surface area contributed by atoms with Gasteiger partial charge in [-0.3, -0.25) is 0 Å². The molecule has 2 aromatic rings. The number of nitrogens with zero attached hydrogens (tertiary/aromatic N) is 4. The van der Waals surface area contributed by atoms with Gasteiger partial charge < -0.3 is 38.5 Å². The highest BCUT2D eigenvalue weighted by molar-refractivity contribution is 5.79. The minimum absolute atomic E-state index is 0.0700. The van der Waals surface area contributed by atoms with Gasteiger partial charge >= 0.3 is 23.9 Å². The van der Waals surface area contributed by atoms with Crippen LogP contribution in [-0.4, -0.2) is 120 Å². The van der Waals surface area contributed by atoms with E-state index < -0.39 is 72.5 Å². The van der Waals surface area contributed by atoms with Crippen LogP contribution in [0.3, 0.4) is 0 Å². The lowest BCUT2D eigenvalue weighted by Gasteiger charge is -2.39. The molecule has 0 spiro atoms. The highest BCUT2D eigenvalue weighted by Crippen LogP contribution is 2.29. The lowest BCUT2D eigenvalue weighted by molar-refractivity contribution is -0.157. The number of cyclic esters (lactones) is 4. The predicted molar refractivity (Wildman–Crippen MR) is 272 cm³/mol. The van der Waals surface area contributed by atoms with Crippen LogP contribution in [0.15, 0.2) is 110 Å². The number of rotatable bonds is 12. The molecule has 1 heterocycles. The maximum absolute atomic E-state index is 14.7. The maximum atomic E-state index is 14.7. The van der Waals surface area contributed by atoms with E-state index in [1.807, 2.05) is 116 Å². The summed E-state index contributed by atoms with van der Waals surface area (Å²) in [6.07, 6.45) is -1.22. The van der Waals surface area contributed by atoms with Crippen molar-refractivity contribution in [2.24, 2.45) is 23.7 Å². The Labute approximate surface area is 409 Å². The molecule has 0 N–H and O–H groups in total. The average molecular weight is 941 g/mol. The fourth-order valence-corrected chi connectivity index (χ4v) is 8.45. The Morgan fingerprint density at radius 1 is 0.412 bits per heavy atom. The minimum atomic E-state index is -0.873. The quantitative estimate of drug-likeness (QED) is 0.149. The fourth-order valence-electron chi connectivity index (χ4n) is 8.45. The summed E-state index contributed by atoms with van der Waals surface area (Å²) in [6.45, 7) is 37.3. The van der Waals surface area contributed by atoms with Crippen molar-refractivity contribution >= 4 is 23.9 Å². The molecule has 1 aliphatic heterocycles. The van der Waals surface area contributed by atoms with E-state index in [0.717, 1.165) is 11.1 Å². The van der Waals surface area contributed by atoms with Gasteiger partial charge in [0, 0.05) is 63.8 Å². The zero-order valence-corrected chi connectivity index (χ0v) is 43.8. The van der Waals surface area contributed by atoms with E-state index in [-0.39, 0.29) is 23.7 Å². The molecule has 8 unspecified atom stereocenters. The Balaban J connectivity index is 2.25. The molecule has 2 aromatic carbocycles. The van der Waals surface area contributed by atoms with Gasteiger partial charge in [0.2, 0.25) is 0 Å². The van der Waals surface area contributed by atoms with Crippen LogP contribution in [0.4, 0.5) is 0 Å². The van der Waals surface area contributed by atoms with Crippen LogP contribution in [0, 0.1) is 23.7 Å². The Hall–Kier alpha value is -5.52. The summed E-state index contributed by atoms with van der Waals surface area (Å²) < 4.78 is 25.5. The van der Waals surface area contributed by atoms with Gasteiger partial charge in [-0.25, -0.2) is 19.2 Å². The molecule has 12 heteroatoms. The molecule has 0 amide bonds. The Kier molecular flexibility index (Phi) is 22.0. The van der Waals surface area contributed by atoms with Gasteiger partial charge in [0.25, 0.3) is 0 Å². The Morgan fingerprint density at radius 2 is 0.647 bits per heavy atom. The third kappa shape index (κ3) is 16.3. The lowest BCUT2D eigenvalue weighted by atomic mass is 9.99. The number of likely N-dealkylation sites (N-methyl/N-ethyl adjacent to an activating group) is 4. The molecular weight excluding hydrogens is 857 g/mol. The molecular formula is C56H84N4O8.